The van der Waals surface area contributed by atoms with Gasteiger partial charge >= 0.3 is 12.3 Å². The van der Waals surface area contributed by atoms with Gasteiger partial charge in [0.05, 0.1) is 26.0 Å². The number of amides is 4. The number of allylic oxidation sites excluding steroid dienone is 1. The first-order valence-electron chi connectivity index (χ1n) is 20.6. The Kier molecular flexibility index (Phi) is 12.3. The molecule has 0 spiro atoms. The Hall–Kier alpha value is -4.72. The summed E-state index contributed by atoms with van der Waals surface area (Å²) in [6.07, 6.45) is -3.33. The molecule has 15 nitrogen and oxygen atoms in total. The Bertz CT molecular complexity index is 2170. The van der Waals surface area contributed by atoms with Crippen LogP contribution in [0.2, 0.25) is 0 Å². The number of sulfonamides is 1. The molecular weight excluding hydrogens is 831 g/mol. The van der Waals surface area contributed by atoms with Crippen molar-refractivity contribution in [3.8, 4) is 11.6 Å². The highest BCUT2D eigenvalue weighted by Crippen LogP contribution is 2.49. The molecule has 3 N–H and O–H groups in total. The van der Waals surface area contributed by atoms with Crippen LogP contribution in [0.5, 0.6) is 11.6 Å². The highest BCUT2D eigenvalue weighted by Gasteiger charge is 2.66. The van der Waals surface area contributed by atoms with Crippen molar-refractivity contribution in [1.82, 2.24) is 24.8 Å². The lowest BCUT2D eigenvalue weighted by Crippen LogP contribution is -2.64. The van der Waals surface area contributed by atoms with E-state index in [1.165, 1.54) is 13.3 Å². The zero-order chi connectivity index (χ0) is 44.1. The smallest absolute Gasteiger partial charge is 0.412 e. The van der Waals surface area contributed by atoms with Crippen molar-refractivity contribution < 1.29 is 64.5 Å². The van der Waals surface area contributed by atoms with E-state index in [9.17, 15) is 32.3 Å². The Labute approximate surface area is 350 Å². The second kappa shape index (κ2) is 16.9. The average molecular weight is 882 g/mol. The molecular formula is C41H51F4N5O10S. The fraction of sp³-hybridized carbons (Fsp3) is 0.634. The van der Waals surface area contributed by atoms with E-state index in [2.05, 4.69) is 10.3 Å². The zero-order valence-electron chi connectivity index (χ0n) is 34.0. The SMILES string of the molecule is COc1cnc(O[C@@H]2C[C@H]3C(=O)N[C@]4(C(=O)NS(=O)(=O)C5(CF)CC5)C[C@H]4/C=C\CC[C@@H](C)C[C@@H](C)[C@H](N(C(=O)O)C4CCCOC4)C(=O)N3C2C(F)(F)F)c2ccccc12. The van der Waals surface area contributed by atoms with Crippen molar-refractivity contribution >= 4 is 44.6 Å². The maximum Gasteiger partial charge on any atom is 0.412 e. The van der Waals surface area contributed by atoms with E-state index in [-0.39, 0.29) is 55.9 Å². The second-order valence-electron chi connectivity index (χ2n) is 17.2. The molecule has 2 saturated heterocycles. The normalized spacial score (nSPS) is 32.3. The number of carboxylic acid groups (broad SMARTS) is 1. The van der Waals surface area contributed by atoms with Crippen LogP contribution in [-0.4, -0.2) is 126 Å². The number of benzene rings is 1. The minimum Gasteiger partial charge on any atom is -0.494 e. The van der Waals surface area contributed by atoms with Gasteiger partial charge in [0.25, 0.3) is 5.91 Å². The van der Waals surface area contributed by atoms with Gasteiger partial charge in [-0.1, -0.05) is 44.2 Å². The number of rotatable bonds is 9. The lowest BCUT2D eigenvalue weighted by atomic mass is 9.86. The van der Waals surface area contributed by atoms with Gasteiger partial charge in [0.1, 0.15) is 40.9 Å². The van der Waals surface area contributed by atoms with Gasteiger partial charge in [-0.15, -0.1) is 0 Å². The quantitative estimate of drug-likeness (QED) is 0.230. The van der Waals surface area contributed by atoms with Gasteiger partial charge in [-0.25, -0.2) is 22.6 Å². The van der Waals surface area contributed by atoms with Crippen LogP contribution in [0.3, 0.4) is 0 Å². The predicted molar refractivity (Wildman–Crippen MR) is 211 cm³/mol. The van der Waals surface area contributed by atoms with Crippen molar-refractivity contribution in [2.75, 3.05) is 27.0 Å². The Morgan fingerprint density at radius 2 is 1.85 bits per heavy atom. The third kappa shape index (κ3) is 8.45. The number of carbonyl (C=O) groups excluding carboxylic acids is 3. The molecule has 20 heteroatoms. The van der Waals surface area contributed by atoms with Gasteiger partial charge in [0.15, 0.2) is 6.04 Å². The molecule has 2 saturated carbocycles. The van der Waals surface area contributed by atoms with Crippen molar-refractivity contribution in [3.63, 3.8) is 0 Å². The number of hydrogen-bond donors (Lipinski definition) is 3. The highest BCUT2D eigenvalue weighted by atomic mass is 32.2. The molecule has 1 aromatic heterocycles. The van der Waals surface area contributed by atoms with Crippen molar-refractivity contribution in [2.45, 2.75) is 118 Å². The minimum absolute atomic E-state index is 0.0371. The van der Waals surface area contributed by atoms with Crippen molar-refractivity contribution in [3.05, 3.63) is 42.6 Å². The molecule has 4 heterocycles. The summed E-state index contributed by atoms with van der Waals surface area (Å²) in [5.41, 5.74) is -1.99. The first-order chi connectivity index (χ1) is 28.9. The van der Waals surface area contributed by atoms with Gasteiger partial charge in [0, 0.05) is 29.7 Å². The van der Waals surface area contributed by atoms with Crippen LogP contribution in [0.15, 0.2) is 42.6 Å². The molecule has 4 amide bonds. The molecule has 0 radical (unpaired) electrons. The number of pyridine rings is 1. The fourth-order valence-corrected chi connectivity index (χ4v) is 10.8. The van der Waals surface area contributed by atoms with E-state index in [1.807, 2.05) is 11.6 Å². The number of methoxy groups -OCH3 is 1. The third-order valence-electron chi connectivity index (χ3n) is 13.0. The van der Waals surface area contributed by atoms with Crippen LogP contribution in [0.1, 0.15) is 71.6 Å². The van der Waals surface area contributed by atoms with Gasteiger partial charge in [-0.3, -0.25) is 24.0 Å². The molecule has 2 aliphatic carbocycles. The third-order valence-corrected chi connectivity index (χ3v) is 15.1. The summed E-state index contributed by atoms with van der Waals surface area (Å²) < 4.78 is 105. The summed E-state index contributed by atoms with van der Waals surface area (Å²) in [4.78, 5) is 62.7. The summed E-state index contributed by atoms with van der Waals surface area (Å²) in [6, 6.07) is -0.991. The van der Waals surface area contributed by atoms with E-state index >= 15 is 18.0 Å². The van der Waals surface area contributed by atoms with Crippen LogP contribution in [0.25, 0.3) is 10.8 Å². The molecule has 1 aromatic carbocycles. The lowest BCUT2D eigenvalue weighted by Gasteiger charge is -2.43. The van der Waals surface area contributed by atoms with E-state index in [0.717, 1.165) is 4.90 Å². The Balaban J connectivity index is 1.35. The van der Waals surface area contributed by atoms with Crippen LogP contribution in [0, 0.1) is 17.8 Å². The molecule has 9 atom stereocenters. The summed E-state index contributed by atoms with van der Waals surface area (Å²) in [5.74, 6) is -5.52. The fourth-order valence-electron chi connectivity index (χ4n) is 9.36. The van der Waals surface area contributed by atoms with Gasteiger partial charge < -0.3 is 29.5 Å². The number of aromatic nitrogens is 1. The number of halogens is 4. The average Bonchev–Trinajstić information content (AvgIpc) is 4.12. The van der Waals surface area contributed by atoms with E-state index < -0.39 is 106 Å². The highest BCUT2D eigenvalue weighted by molar-refractivity contribution is 7.91. The van der Waals surface area contributed by atoms with E-state index in [1.54, 1.807) is 43.3 Å². The molecule has 334 valence electrons. The summed E-state index contributed by atoms with van der Waals surface area (Å²) in [6.45, 7) is 2.43. The molecule has 2 aromatic rings. The molecule has 4 fully saturated rings. The van der Waals surface area contributed by atoms with E-state index in [0.29, 0.717) is 41.9 Å². The van der Waals surface area contributed by atoms with Gasteiger partial charge in [-0.2, -0.15) is 13.2 Å². The number of nitrogens with zero attached hydrogens (tertiary/aromatic N) is 3. The van der Waals surface area contributed by atoms with Crippen molar-refractivity contribution in [2.24, 2.45) is 17.8 Å². The zero-order valence-corrected chi connectivity index (χ0v) is 34.8. The molecule has 5 aliphatic rings. The Morgan fingerprint density at radius 1 is 1.13 bits per heavy atom. The molecule has 7 rings (SSSR count). The van der Waals surface area contributed by atoms with Crippen LogP contribution in [0.4, 0.5) is 22.4 Å². The van der Waals surface area contributed by atoms with E-state index in [4.69, 9.17) is 14.2 Å². The summed E-state index contributed by atoms with van der Waals surface area (Å²) in [5, 5.41) is 14.0. The van der Waals surface area contributed by atoms with Crippen LogP contribution < -0.4 is 19.5 Å². The lowest BCUT2D eigenvalue weighted by molar-refractivity contribution is -0.200. The first-order valence-corrected chi connectivity index (χ1v) is 22.0. The number of fused-ring (bicyclic) bond motifs is 3. The van der Waals surface area contributed by atoms with Crippen LogP contribution in [-0.2, 0) is 29.1 Å². The number of hydrogen-bond acceptors (Lipinski definition) is 10. The number of nitrogens with one attached hydrogen (secondary N) is 2. The summed E-state index contributed by atoms with van der Waals surface area (Å²) in [7, 11) is -3.19. The van der Waals surface area contributed by atoms with Gasteiger partial charge in [-0.05, 0) is 69.3 Å². The van der Waals surface area contributed by atoms with Crippen LogP contribution >= 0.6 is 0 Å². The maximum absolute atomic E-state index is 15.8. The minimum atomic E-state index is -5.28. The predicted octanol–water partition coefficient (Wildman–Crippen LogP) is 4.89. The molecule has 0 bridgehead atoms. The molecule has 3 aliphatic heterocycles. The number of ether oxygens (including phenoxy) is 3. The Morgan fingerprint density at radius 3 is 2.48 bits per heavy atom. The topological polar surface area (TPSA) is 194 Å². The largest absolute Gasteiger partial charge is 0.494 e. The standard InChI is InChI=1S/C41H51F4N5O10S/c1-23-9-4-5-10-25-19-40(25,37(53)48-61(56,57)39(22-42)14-15-39)47-34(51)29-18-30(60-35-28-13-7-6-12-27(28)31(58-3)20-46-35)33(41(43,44)45)50(29)36(52)32(24(2)17-23)49(38(54)55)26-11-8-16-59-21-26/h5-7,10,12-13,20,23-26,29-30,32-33H,4,8-9,11,14-19,21-22H2,1-3H3,(H,47,51)(H,48,53)(H,54,55)/b10-5-/t23-,24-,25-,26?,29+,30-,32+,33?,40-/m1/s1. The number of alkyl halides is 4. The molecule has 61 heavy (non-hydrogen) atoms. The molecule has 2 unspecified atom stereocenters. The summed E-state index contributed by atoms with van der Waals surface area (Å²) >= 11 is 0. The monoisotopic (exact) mass is 881 g/mol. The maximum atomic E-state index is 15.8. The number of carbonyl (C=O) groups is 4. The second-order valence-corrected chi connectivity index (χ2v) is 19.2. The first kappa shape index (κ1) is 44.3. The van der Waals surface area contributed by atoms with Gasteiger partial charge in [0.2, 0.25) is 27.7 Å². The van der Waals surface area contributed by atoms with Crippen molar-refractivity contribution in [1.29, 1.82) is 0 Å².